The maximum absolute atomic E-state index is 5.50. The Kier molecular flexibility index (Phi) is 6.98. The summed E-state index contributed by atoms with van der Waals surface area (Å²) in [4.78, 5) is 0. The fraction of sp³-hybridized carbons (Fsp3) is 0.118. The van der Waals surface area contributed by atoms with Crippen LogP contribution >= 0.6 is 0 Å². The molecule has 0 saturated heterocycles. The lowest BCUT2D eigenvalue weighted by Gasteiger charge is -2.30. The van der Waals surface area contributed by atoms with E-state index in [4.69, 9.17) is 9.47 Å². The van der Waals surface area contributed by atoms with E-state index in [0.29, 0.717) is 0 Å². The van der Waals surface area contributed by atoms with Gasteiger partial charge in [0.15, 0.2) is 0 Å². The summed E-state index contributed by atoms with van der Waals surface area (Å²) in [6, 6.07) is 39.7. The van der Waals surface area contributed by atoms with Crippen LogP contribution in [0.3, 0.4) is 0 Å². The van der Waals surface area contributed by atoms with Crippen LogP contribution in [-0.4, -0.2) is 22.3 Å². The van der Waals surface area contributed by atoms with Gasteiger partial charge in [0.25, 0.3) is 0 Å². The van der Waals surface area contributed by atoms with Crippen molar-refractivity contribution >= 4 is 29.6 Å². The fourth-order valence-electron chi connectivity index (χ4n) is 5.65. The van der Waals surface area contributed by atoms with Crippen molar-refractivity contribution < 1.29 is 9.47 Å². The Labute approximate surface area is 221 Å². The molecule has 0 N–H and O–H groups in total. The van der Waals surface area contributed by atoms with Gasteiger partial charge in [-0.1, -0.05) is 97.6 Å². The molecule has 2 nitrogen and oxygen atoms in total. The number of rotatable bonds is 8. The second-order valence-electron chi connectivity index (χ2n) is 9.51. The van der Waals surface area contributed by atoms with Crippen molar-refractivity contribution in [3.63, 3.8) is 0 Å². The lowest BCUT2D eigenvalue weighted by Crippen LogP contribution is -2.32. The Balaban J connectivity index is 1.90. The van der Waals surface area contributed by atoms with Crippen LogP contribution in [0, 0.1) is 0 Å². The molecule has 0 fully saturated rings. The van der Waals surface area contributed by atoms with E-state index in [1.54, 1.807) is 14.2 Å². The minimum absolute atomic E-state index is 0.863. The Hall–Kier alpha value is -4.08. The van der Waals surface area contributed by atoms with Crippen LogP contribution in [0.15, 0.2) is 122 Å². The Morgan fingerprint density at radius 1 is 0.568 bits per heavy atom. The topological polar surface area (TPSA) is 18.5 Å². The molecule has 0 saturated carbocycles. The predicted molar refractivity (Wildman–Crippen MR) is 159 cm³/mol. The molecule has 0 radical (unpaired) electrons. The normalized spacial score (nSPS) is 14.6. The van der Waals surface area contributed by atoms with Gasteiger partial charge in [-0.2, -0.15) is 0 Å². The number of methoxy groups -OCH3 is 2. The second-order valence-corrected chi connectivity index (χ2v) is 13.6. The van der Waals surface area contributed by atoms with Gasteiger partial charge in [-0.25, -0.2) is 0 Å². The Morgan fingerprint density at radius 2 is 0.946 bits per heavy atom. The zero-order valence-electron chi connectivity index (χ0n) is 21.7. The van der Waals surface area contributed by atoms with Crippen LogP contribution in [0.5, 0.6) is 11.5 Å². The van der Waals surface area contributed by atoms with E-state index < -0.39 is 8.07 Å². The highest BCUT2D eigenvalue weighted by Gasteiger charge is 2.46. The smallest absolute Gasteiger partial charge is 0.122 e. The molecule has 1 aliphatic heterocycles. The number of ether oxygens (including phenoxy) is 2. The van der Waals surface area contributed by atoms with Crippen LogP contribution in [0.25, 0.3) is 21.5 Å². The highest BCUT2D eigenvalue weighted by Crippen LogP contribution is 2.57. The third-order valence-corrected chi connectivity index (χ3v) is 11.7. The number of hydrogen-bond acceptors (Lipinski definition) is 2. The average molecular weight is 501 g/mol. The first-order chi connectivity index (χ1) is 18.1. The molecule has 1 aliphatic rings. The summed E-state index contributed by atoms with van der Waals surface area (Å²) in [6.45, 7) is 6.72. The zero-order valence-corrected chi connectivity index (χ0v) is 22.7. The summed E-state index contributed by atoms with van der Waals surface area (Å²) < 4.78 is 11.0. The third-order valence-electron chi connectivity index (χ3n) is 7.29. The minimum atomic E-state index is -2.31. The number of allylic oxidation sites excluding steroid dienone is 3. The van der Waals surface area contributed by atoms with Crippen molar-refractivity contribution in [1.82, 2.24) is 0 Å². The van der Waals surface area contributed by atoms with E-state index in [1.165, 1.54) is 43.8 Å². The SMILES string of the molecule is C=CC[Si]1(C)C(c2ccc(OC)cc2)=C(c2ccccc2)C(c2ccccc2)=C1c1ccc(OC)cc1. The molecule has 0 amide bonds. The Bertz CT molecular complexity index is 1340. The van der Waals surface area contributed by atoms with Crippen molar-refractivity contribution in [2.75, 3.05) is 14.2 Å². The van der Waals surface area contributed by atoms with Gasteiger partial charge >= 0.3 is 0 Å². The summed E-state index contributed by atoms with van der Waals surface area (Å²) in [5.41, 5.74) is 7.59. The van der Waals surface area contributed by atoms with Crippen LogP contribution in [-0.2, 0) is 0 Å². The molecular formula is C34H32O2Si. The first kappa shape index (κ1) is 24.6. The zero-order chi connectivity index (χ0) is 25.8. The van der Waals surface area contributed by atoms with Gasteiger partial charge in [-0.05, 0) is 74.1 Å². The van der Waals surface area contributed by atoms with Gasteiger partial charge in [-0.3, -0.25) is 0 Å². The van der Waals surface area contributed by atoms with E-state index in [1.807, 2.05) is 0 Å². The van der Waals surface area contributed by atoms with Crippen molar-refractivity contribution in [3.05, 3.63) is 144 Å². The lowest BCUT2D eigenvalue weighted by molar-refractivity contribution is 0.414. The summed E-state index contributed by atoms with van der Waals surface area (Å²) >= 11 is 0. The van der Waals surface area contributed by atoms with Gasteiger partial charge in [0, 0.05) is 0 Å². The quantitative estimate of drug-likeness (QED) is 0.178. The monoisotopic (exact) mass is 500 g/mol. The molecule has 0 atom stereocenters. The lowest BCUT2D eigenvalue weighted by atomic mass is 9.89. The molecule has 4 aromatic rings. The highest BCUT2D eigenvalue weighted by molar-refractivity contribution is 7.14. The predicted octanol–water partition coefficient (Wildman–Crippen LogP) is 8.58. The van der Waals surface area contributed by atoms with E-state index in [0.717, 1.165) is 17.5 Å². The van der Waals surface area contributed by atoms with E-state index >= 15 is 0 Å². The van der Waals surface area contributed by atoms with Crippen molar-refractivity contribution in [2.45, 2.75) is 12.6 Å². The first-order valence-corrected chi connectivity index (χ1v) is 15.3. The minimum Gasteiger partial charge on any atom is -0.497 e. The average Bonchev–Trinajstić information content (AvgIpc) is 3.23. The first-order valence-electron chi connectivity index (χ1n) is 12.6. The van der Waals surface area contributed by atoms with E-state index in [9.17, 15) is 0 Å². The van der Waals surface area contributed by atoms with Crippen LogP contribution in [0.4, 0.5) is 0 Å². The number of hydrogen-bond donors (Lipinski definition) is 0. The molecule has 37 heavy (non-hydrogen) atoms. The molecule has 0 aliphatic carbocycles. The van der Waals surface area contributed by atoms with Crippen LogP contribution in [0.1, 0.15) is 22.3 Å². The fourth-order valence-corrected chi connectivity index (χ4v) is 10.1. The number of benzene rings is 4. The molecule has 0 bridgehead atoms. The van der Waals surface area contributed by atoms with Gasteiger partial charge in [-0.15, -0.1) is 6.58 Å². The van der Waals surface area contributed by atoms with Crippen molar-refractivity contribution in [1.29, 1.82) is 0 Å². The van der Waals surface area contributed by atoms with Gasteiger partial charge in [0.05, 0.1) is 14.2 Å². The molecular weight excluding hydrogens is 468 g/mol. The van der Waals surface area contributed by atoms with Gasteiger partial charge in [0.2, 0.25) is 0 Å². The molecule has 3 heteroatoms. The molecule has 5 rings (SSSR count). The Morgan fingerprint density at radius 3 is 1.27 bits per heavy atom. The largest absolute Gasteiger partial charge is 0.497 e. The van der Waals surface area contributed by atoms with Gasteiger partial charge in [0.1, 0.15) is 19.6 Å². The maximum Gasteiger partial charge on any atom is 0.122 e. The summed E-state index contributed by atoms with van der Waals surface area (Å²) in [5, 5.41) is 2.87. The summed E-state index contributed by atoms with van der Waals surface area (Å²) in [5.74, 6) is 1.73. The molecule has 184 valence electrons. The molecule has 1 heterocycles. The standard InChI is InChI=1S/C34H32O2Si/c1-5-24-37(4)33(27-16-20-29(35-2)21-17-27)31(25-12-8-6-9-13-25)32(26-14-10-7-11-15-26)34(37)28-18-22-30(36-3)23-19-28/h5-23H,1,24H2,2-4H3. The summed E-state index contributed by atoms with van der Waals surface area (Å²) in [7, 11) is 1.12. The molecule has 0 unspecified atom stereocenters. The highest BCUT2D eigenvalue weighted by atomic mass is 28.3. The van der Waals surface area contributed by atoms with E-state index in [2.05, 4.69) is 128 Å². The van der Waals surface area contributed by atoms with Crippen LogP contribution in [0.2, 0.25) is 12.6 Å². The maximum atomic E-state index is 5.50. The second kappa shape index (κ2) is 10.5. The van der Waals surface area contributed by atoms with Crippen molar-refractivity contribution in [2.24, 2.45) is 0 Å². The third kappa shape index (κ3) is 4.47. The molecule has 0 spiro atoms. The summed E-state index contributed by atoms with van der Waals surface area (Å²) in [6.07, 6.45) is 2.11. The molecule has 4 aromatic carbocycles. The van der Waals surface area contributed by atoms with Crippen molar-refractivity contribution in [3.8, 4) is 11.5 Å². The van der Waals surface area contributed by atoms with Crippen LogP contribution < -0.4 is 9.47 Å². The van der Waals surface area contributed by atoms with E-state index in [-0.39, 0.29) is 0 Å². The molecule has 0 aromatic heterocycles. The van der Waals surface area contributed by atoms with Gasteiger partial charge < -0.3 is 9.47 Å².